The van der Waals surface area contributed by atoms with Crippen LogP contribution in [0.5, 0.6) is 0 Å². The van der Waals surface area contributed by atoms with Gasteiger partial charge in [-0.05, 0) is 6.92 Å². The van der Waals surface area contributed by atoms with Crippen LogP contribution < -0.4 is 10.5 Å². The molecular weight excluding hydrogens is 260 g/mol. The lowest BCUT2D eigenvalue weighted by atomic mass is 10.6. The number of aromatic nitrogens is 4. The van der Waals surface area contributed by atoms with Crippen molar-refractivity contribution in [1.82, 2.24) is 24.6 Å². The van der Waals surface area contributed by atoms with Crippen LogP contribution in [0.4, 0.5) is 5.82 Å². The third-order valence-electron chi connectivity index (χ3n) is 2.09. The van der Waals surface area contributed by atoms with Gasteiger partial charge in [-0.3, -0.25) is 4.68 Å². The molecule has 10 heteroatoms. The Kier molecular flexibility index (Phi) is 3.05. The van der Waals surface area contributed by atoms with Crippen molar-refractivity contribution in [2.24, 2.45) is 7.05 Å². The molecule has 0 bridgehead atoms. The highest BCUT2D eigenvalue weighted by Gasteiger charge is 2.21. The van der Waals surface area contributed by atoms with E-state index in [9.17, 15) is 8.42 Å². The Labute approximate surface area is 103 Å². The smallest absolute Gasteiger partial charge is 0.246 e. The Morgan fingerprint density at radius 1 is 1.56 bits per heavy atom. The van der Waals surface area contributed by atoms with Crippen molar-refractivity contribution in [2.75, 3.05) is 5.73 Å². The molecule has 0 saturated heterocycles. The minimum absolute atomic E-state index is 0.0632. The lowest BCUT2D eigenvalue weighted by Crippen LogP contribution is -2.23. The van der Waals surface area contributed by atoms with E-state index in [0.717, 1.165) is 0 Å². The minimum Gasteiger partial charge on any atom is -0.381 e. The van der Waals surface area contributed by atoms with Crippen LogP contribution in [0.3, 0.4) is 0 Å². The van der Waals surface area contributed by atoms with Gasteiger partial charge in [0.05, 0.1) is 6.54 Å². The molecule has 2 aromatic heterocycles. The second-order valence-electron chi connectivity index (χ2n) is 3.61. The summed E-state index contributed by atoms with van der Waals surface area (Å²) in [6.45, 7) is 1.54. The molecule has 0 saturated carbocycles. The first-order chi connectivity index (χ1) is 8.38. The SMILES string of the molecule is Cc1noc(CNS(=O)(=O)c2cn(C)nc2N)n1. The summed E-state index contributed by atoms with van der Waals surface area (Å²) in [4.78, 5) is 3.80. The second-order valence-corrected chi connectivity index (χ2v) is 5.35. The van der Waals surface area contributed by atoms with E-state index < -0.39 is 10.0 Å². The number of rotatable bonds is 4. The van der Waals surface area contributed by atoms with Gasteiger partial charge in [0, 0.05) is 13.2 Å². The standard InChI is InChI=1S/C8H12N6O3S/c1-5-11-7(17-13-5)3-10-18(15,16)6-4-14(2)12-8(6)9/h4,10H,3H2,1-2H3,(H2,9,12). The van der Waals surface area contributed by atoms with Crippen LogP contribution in [0.25, 0.3) is 0 Å². The number of hydrogen-bond acceptors (Lipinski definition) is 7. The average molecular weight is 272 g/mol. The molecule has 0 amide bonds. The largest absolute Gasteiger partial charge is 0.381 e. The van der Waals surface area contributed by atoms with E-state index in [0.29, 0.717) is 5.82 Å². The Morgan fingerprint density at radius 2 is 2.28 bits per heavy atom. The first-order valence-electron chi connectivity index (χ1n) is 4.96. The zero-order valence-corrected chi connectivity index (χ0v) is 10.6. The highest BCUT2D eigenvalue weighted by atomic mass is 32.2. The van der Waals surface area contributed by atoms with Crippen LogP contribution in [-0.4, -0.2) is 28.3 Å². The Morgan fingerprint density at radius 3 is 2.78 bits per heavy atom. The van der Waals surface area contributed by atoms with Crippen LogP contribution in [-0.2, 0) is 23.6 Å². The van der Waals surface area contributed by atoms with Crippen molar-refractivity contribution in [3.63, 3.8) is 0 Å². The monoisotopic (exact) mass is 272 g/mol. The van der Waals surface area contributed by atoms with E-state index in [-0.39, 0.29) is 23.1 Å². The third kappa shape index (κ3) is 2.49. The van der Waals surface area contributed by atoms with Crippen molar-refractivity contribution in [3.8, 4) is 0 Å². The number of nitrogens with two attached hydrogens (primary N) is 1. The fourth-order valence-electron chi connectivity index (χ4n) is 1.34. The molecule has 0 aliphatic carbocycles. The normalized spacial score (nSPS) is 11.9. The number of nitrogens with zero attached hydrogens (tertiary/aromatic N) is 4. The molecule has 18 heavy (non-hydrogen) atoms. The Balaban J connectivity index is 2.15. The summed E-state index contributed by atoms with van der Waals surface area (Å²) in [5.41, 5.74) is 5.50. The van der Waals surface area contributed by atoms with Gasteiger partial charge >= 0.3 is 0 Å². The molecule has 2 aromatic rings. The molecule has 98 valence electrons. The van der Waals surface area contributed by atoms with E-state index in [1.54, 1.807) is 14.0 Å². The average Bonchev–Trinajstić information content (AvgIpc) is 2.82. The summed E-state index contributed by atoms with van der Waals surface area (Å²) in [7, 11) is -2.17. The van der Waals surface area contributed by atoms with Crippen molar-refractivity contribution >= 4 is 15.8 Å². The van der Waals surface area contributed by atoms with Crippen LogP contribution in [0.1, 0.15) is 11.7 Å². The lowest BCUT2D eigenvalue weighted by Gasteiger charge is -2.01. The summed E-state index contributed by atoms with van der Waals surface area (Å²) < 4.78 is 32.2. The van der Waals surface area contributed by atoms with Gasteiger partial charge in [-0.2, -0.15) is 10.1 Å². The van der Waals surface area contributed by atoms with Crippen molar-refractivity contribution in [1.29, 1.82) is 0 Å². The molecule has 0 spiro atoms. The molecule has 3 N–H and O–H groups in total. The number of hydrogen-bond donors (Lipinski definition) is 2. The quantitative estimate of drug-likeness (QED) is 0.743. The van der Waals surface area contributed by atoms with Crippen LogP contribution >= 0.6 is 0 Å². The van der Waals surface area contributed by atoms with E-state index in [2.05, 4.69) is 20.0 Å². The highest BCUT2D eigenvalue weighted by molar-refractivity contribution is 7.89. The summed E-state index contributed by atoms with van der Waals surface area (Å²) in [5, 5.41) is 7.31. The Bertz CT molecular complexity index is 658. The Hall–Kier alpha value is -1.94. The molecular formula is C8H12N6O3S. The maximum Gasteiger partial charge on any atom is 0.246 e. The maximum absolute atomic E-state index is 11.9. The number of aryl methyl sites for hydroxylation is 2. The summed E-state index contributed by atoms with van der Waals surface area (Å²) in [6.07, 6.45) is 1.32. The molecule has 0 fully saturated rings. The molecule has 0 radical (unpaired) electrons. The lowest BCUT2D eigenvalue weighted by molar-refractivity contribution is 0.372. The van der Waals surface area contributed by atoms with Crippen LogP contribution in [0.15, 0.2) is 15.6 Å². The molecule has 0 aromatic carbocycles. The maximum atomic E-state index is 11.9. The molecule has 0 aliphatic heterocycles. The van der Waals surface area contributed by atoms with Gasteiger partial charge in [-0.1, -0.05) is 5.16 Å². The van der Waals surface area contributed by atoms with Crippen LogP contribution in [0, 0.1) is 6.92 Å². The molecule has 0 atom stereocenters. The number of sulfonamides is 1. The van der Waals surface area contributed by atoms with E-state index >= 15 is 0 Å². The van der Waals surface area contributed by atoms with Gasteiger partial charge in [0.15, 0.2) is 11.6 Å². The topological polar surface area (TPSA) is 129 Å². The molecule has 9 nitrogen and oxygen atoms in total. The van der Waals surface area contributed by atoms with Crippen molar-refractivity contribution in [3.05, 3.63) is 17.9 Å². The van der Waals surface area contributed by atoms with Crippen molar-refractivity contribution in [2.45, 2.75) is 18.4 Å². The predicted molar refractivity (Wildman–Crippen MR) is 60.7 cm³/mol. The van der Waals surface area contributed by atoms with Crippen molar-refractivity contribution < 1.29 is 12.9 Å². The third-order valence-corrected chi connectivity index (χ3v) is 3.51. The summed E-state index contributed by atoms with van der Waals surface area (Å²) in [6, 6.07) is 0. The van der Waals surface area contributed by atoms with Gasteiger partial charge in [0.2, 0.25) is 15.9 Å². The molecule has 2 rings (SSSR count). The number of nitrogens with one attached hydrogen (secondary N) is 1. The minimum atomic E-state index is -3.75. The first kappa shape index (κ1) is 12.5. The molecule has 0 aliphatic rings. The summed E-state index contributed by atoms with van der Waals surface area (Å²) >= 11 is 0. The fourth-order valence-corrected chi connectivity index (χ4v) is 2.41. The summed E-state index contributed by atoms with van der Waals surface area (Å²) in [5.74, 6) is 0.551. The van der Waals surface area contributed by atoms with Gasteiger partial charge in [-0.25, -0.2) is 13.1 Å². The molecule has 2 heterocycles. The zero-order chi connectivity index (χ0) is 13.3. The first-order valence-corrected chi connectivity index (χ1v) is 6.45. The van der Waals surface area contributed by atoms with Crippen LogP contribution in [0.2, 0.25) is 0 Å². The molecule has 0 unspecified atom stereocenters. The van der Waals surface area contributed by atoms with E-state index in [4.69, 9.17) is 10.3 Å². The van der Waals surface area contributed by atoms with Gasteiger partial charge in [0.1, 0.15) is 4.90 Å². The van der Waals surface area contributed by atoms with Gasteiger partial charge < -0.3 is 10.3 Å². The van der Waals surface area contributed by atoms with E-state index in [1.807, 2.05) is 0 Å². The van der Waals surface area contributed by atoms with Gasteiger partial charge in [-0.15, -0.1) is 0 Å². The fraction of sp³-hybridized carbons (Fsp3) is 0.375. The number of anilines is 1. The second kappa shape index (κ2) is 4.38. The number of nitrogen functional groups attached to an aromatic ring is 1. The predicted octanol–water partition coefficient (Wildman–Crippen LogP) is -0.828. The zero-order valence-electron chi connectivity index (χ0n) is 9.78. The van der Waals surface area contributed by atoms with E-state index in [1.165, 1.54) is 10.9 Å². The van der Waals surface area contributed by atoms with Gasteiger partial charge in [0.25, 0.3) is 0 Å². The highest BCUT2D eigenvalue weighted by Crippen LogP contribution is 2.15.